The lowest BCUT2D eigenvalue weighted by Crippen LogP contribution is -2.37. The predicted molar refractivity (Wildman–Crippen MR) is 116 cm³/mol. The predicted octanol–water partition coefficient (Wildman–Crippen LogP) is 3.69. The largest absolute Gasteiger partial charge is 0.381 e. The molecule has 0 radical (unpaired) electrons. The molecule has 6 nitrogen and oxygen atoms in total. The number of aliphatic imine (C=N–C) groups is 1. The first kappa shape index (κ1) is 22.2. The highest BCUT2D eigenvalue weighted by molar-refractivity contribution is 5.92. The van der Waals surface area contributed by atoms with Gasteiger partial charge in [-0.1, -0.05) is 38.3 Å². The quantitative estimate of drug-likeness (QED) is 0.307. The van der Waals surface area contributed by atoms with E-state index in [9.17, 15) is 4.79 Å². The van der Waals surface area contributed by atoms with Crippen molar-refractivity contribution in [3.05, 3.63) is 29.8 Å². The molecule has 0 aromatic heterocycles. The number of guanidine groups is 1. The molecule has 1 amide bonds. The van der Waals surface area contributed by atoms with Gasteiger partial charge in [-0.05, 0) is 43.4 Å². The molecule has 0 bridgehead atoms. The van der Waals surface area contributed by atoms with Crippen molar-refractivity contribution < 1.29 is 9.53 Å². The fourth-order valence-electron chi connectivity index (χ4n) is 3.33. The maximum absolute atomic E-state index is 12.3. The second-order valence-corrected chi connectivity index (χ2v) is 7.34. The van der Waals surface area contributed by atoms with Gasteiger partial charge in [-0.2, -0.15) is 0 Å². The molecule has 0 unspecified atom stereocenters. The number of amides is 1. The summed E-state index contributed by atoms with van der Waals surface area (Å²) >= 11 is 0. The Labute approximate surface area is 169 Å². The summed E-state index contributed by atoms with van der Waals surface area (Å²) in [6.07, 6.45) is 7.60. The SMILES string of the molecule is CCCCOCCCNC(=NC)NCc1cccc(NC(=O)C2CCCC2)c1. The van der Waals surface area contributed by atoms with Gasteiger partial charge in [-0.3, -0.25) is 9.79 Å². The molecule has 1 aromatic rings. The Balaban J connectivity index is 1.69. The lowest BCUT2D eigenvalue weighted by Gasteiger charge is -2.14. The van der Waals surface area contributed by atoms with E-state index in [0.717, 1.165) is 62.7 Å². The van der Waals surface area contributed by atoms with Crippen LogP contribution in [-0.4, -0.2) is 38.7 Å². The van der Waals surface area contributed by atoms with Gasteiger partial charge in [0.2, 0.25) is 5.91 Å². The van der Waals surface area contributed by atoms with Crippen molar-refractivity contribution in [3.8, 4) is 0 Å². The maximum atomic E-state index is 12.3. The Bertz CT molecular complexity index is 612. The Morgan fingerprint density at radius 1 is 1.18 bits per heavy atom. The van der Waals surface area contributed by atoms with Gasteiger partial charge in [0.25, 0.3) is 0 Å². The third-order valence-corrected chi connectivity index (χ3v) is 5.00. The second-order valence-electron chi connectivity index (χ2n) is 7.34. The average molecular weight is 389 g/mol. The molecule has 0 heterocycles. The van der Waals surface area contributed by atoms with Crippen LogP contribution in [0.3, 0.4) is 0 Å². The lowest BCUT2D eigenvalue weighted by atomic mass is 10.1. The van der Waals surface area contributed by atoms with Crippen LogP contribution in [-0.2, 0) is 16.1 Å². The van der Waals surface area contributed by atoms with E-state index in [0.29, 0.717) is 6.54 Å². The summed E-state index contributed by atoms with van der Waals surface area (Å²) in [5.74, 6) is 1.10. The van der Waals surface area contributed by atoms with Gasteiger partial charge in [0.15, 0.2) is 5.96 Å². The van der Waals surface area contributed by atoms with Gasteiger partial charge in [-0.25, -0.2) is 0 Å². The summed E-state index contributed by atoms with van der Waals surface area (Å²) in [6, 6.07) is 7.99. The summed E-state index contributed by atoms with van der Waals surface area (Å²) in [6.45, 7) is 5.26. The van der Waals surface area contributed by atoms with E-state index in [1.165, 1.54) is 19.3 Å². The standard InChI is InChI=1S/C22H36N4O2/c1-3-4-14-28-15-8-13-24-22(23-2)25-17-18-9-7-12-20(16-18)26-21(27)19-10-5-6-11-19/h7,9,12,16,19H,3-6,8,10-11,13-15,17H2,1-2H3,(H,26,27)(H2,23,24,25). The van der Waals surface area contributed by atoms with Crippen molar-refractivity contribution >= 4 is 17.6 Å². The molecule has 1 saturated carbocycles. The van der Waals surface area contributed by atoms with Crippen molar-refractivity contribution in [1.29, 1.82) is 0 Å². The van der Waals surface area contributed by atoms with Crippen LogP contribution in [0.15, 0.2) is 29.3 Å². The monoisotopic (exact) mass is 388 g/mol. The van der Waals surface area contributed by atoms with Crippen LogP contribution < -0.4 is 16.0 Å². The van der Waals surface area contributed by atoms with Gasteiger partial charge in [0, 0.05) is 45.0 Å². The van der Waals surface area contributed by atoms with E-state index < -0.39 is 0 Å². The number of hydrogen-bond acceptors (Lipinski definition) is 3. The zero-order valence-electron chi connectivity index (χ0n) is 17.4. The zero-order chi connectivity index (χ0) is 20.0. The van der Waals surface area contributed by atoms with Gasteiger partial charge in [0.1, 0.15) is 0 Å². The van der Waals surface area contributed by atoms with Gasteiger partial charge in [0.05, 0.1) is 0 Å². The first-order chi connectivity index (χ1) is 13.7. The number of carbonyl (C=O) groups excluding carboxylic acids is 1. The van der Waals surface area contributed by atoms with Crippen LogP contribution in [0.1, 0.15) is 57.4 Å². The smallest absolute Gasteiger partial charge is 0.227 e. The average Bonchev–Trinajstić information content (AvgIpc) is 3.25. The van der Waals surface area contributed by atoms with E-state index in [2.05, 4.69) is 27.9 Å². The van der Waals surface area contributed by atoms with Crippen molar-refractivity contribution in [1.82, 2.24) is 10.6 Å². The number of ether oxygens (including phenoxy) is 1. The summed E-state index contributed by atoms with van der Waals surface area (Å²) in [7, 11) is 1.77. The maximum Gasteiger partial charge on any atom is 0.227 e. The van der Waals surface area contributed by atoms with Crippen LogP contribution in [0.25, 0.3) is 0 Å². The number of carbonyl (C=O) groups is 1. The number of rotatable bonds is 11. The highest BCUT2D eigenvalue weighted by Crippen LogP contribution is 2.26. The molecule has 6 heteroatoms. The molecule has 0 atom stereocenters. The molecular formula is C22H36N4O2. The second kappa shape index (κ2) is 13.2. The number of anilines is 1. The molecule has 1 aliphatic rings. The normalized spacial score (nSPS) is 14.9. The fraction of sp³-hybridized carbons (Fsp3) is 0.636. The molecule has 3 N–H and O–H groups in total. The minimum Gasteiger partial charge on any atom is -0.381 e. The summed E-state index contributed by atoms with van der Waals surface area (Å²) < 4.78 is 5.57. The third kappa shape index (κ3) is 8.30. The van der Waals surface area contributed by atoms with Crippen LogP contribution in [0.5, 0.6) is 0 Å². The Morgan fingerprint density at radius 3 is 2.71 bits per heavy atom. The van der Waals surface area contributed by atoms with Crippen LogP contribution in [0.2, 0.25) is 0 Å². The van der Waals surface area contributed by atoms with Gasteiger partial charge >= 0.3 is 0 Å². The van der Waals surface area contributed by atoms with E-state index >= 15 is 0 Å². The highest BCUT2D eigenvalue weighted by atomic mass is 16.5. The number of nitrogens with zero attached hydrogens (tertiary/aromatic N) is 1. The van der Waals surface area contributed by atoms with Crippen molar-refractivity contribution in [2.75, 3.05) is 32.1 Å². The minimum absolute atomic E-state index is 0.154. The summed E-state index contributed by atoms with van der Waals surface area (Å²) in [5, 5.41) is 9.68. The molecule has 0 aliphatic heterocycles. The number of hydrogen-bond donors (Lipinski definition) is 3. The van der Waals surface area contributed by atoms with Gasteiger partial charge < -0.3 is 20.7 Å². The summed E-state index contributed by atoms with van der Waals surface area (Å²) in [4.78, 5) is 16.6. The van der Waals surface area contributed by atoms with Gasteiger partial charge in [-0.15, -0.1) is 0 Å². The third-order valence-electron chi connectivity index (χ3n) is 5.00. The van der Waals surface area contributed by atoms with Crippen LogP contribution in [0.4, 0.5) is 5.69 Å². The lowest BCUT2D eigenvalue weighted by molar-refractivity contribution is -0.119. The Kier molecular flexibility index (Phi) is 10.4. The molecule has 0 spiro atoms. The molecule has 1 fully saturated rings. The highest BCUT2D eigenvalue weighted by Gasteiger charge is 2.22. The zero-order valence-corrected chi connectivity index (χ0v) is 17.4. The van der Waals surface area contributed by atoms with E-state index in [1.54, 1.807) is 7.05 Å². The minimum atomic E-state index is 0.154. The molecule has 1 aromatic carbocycles. The first-order valence-corrected chi connectivity index (χ1v) is 10.6. The first-order valence-electron chi connectivity index (χ1n) is 10.6. The van der Waals surface area contributed by atoms with E-state index in [4.69, 9.17) is 4.74 Å². The molecule has 2 rings (SSSR count). The van der Waals surface area contributed by atoms with Crippen LogP contribution >= 0.6 is 0 Å². The van der Waals surface area contributed by atoms with E-state index in [-0.39, 0.29) is 11.8 Å². The Morgan fingerprint density at radius 2 is 1.96 bits per heavy atom. The molecule has 1 aliphatic carbocycles. The van der Waals surface area contributed by atoms with Crippen molar-refractivity contribution in [2.24, 2.45) is 10.9 Å². The number of nitrogens with one attached hydrogen (secondary N) is 3. The molecule has 28 heavy (non-hydrogen) atoms. The number of benzene rings is 1. The molecule has 0 saturated heterocycles. The van der Waals surface area contributed by atoms with E-state index in [1.807, 2.05) is 24.3 Å². The fourth-order valence-corrected chi connectivity index (χ4v) is 3.33. The molecule has 156 valence electrons. The topological polar surface area (TPSA) is 74.8 Å². The Hall–Kier alpha value is -2.08. The van der Waals surface area contributed by atoms with Crippen molar-refractivity contribution in [3.63, 3.8) is 0 Å². The number of unbranched alkanes of at least 4 members (excludes halogenated alkanes) is 1. The molecular weight excluding hydrogens is 352 g/mol. The van der Waals surface area contributed by atoms with Crippen molar-refractivity contribution in [2.45, 2.75) is 58.4 Å². The van der Waals surface area contributed by atoms with Crippen LogP contribution in [0, 0.1) is 5.92 Å². The summed E-state index contributed by atoms with van der Waals surface area (Å²) in [5.41, 5.74) is 1.97.